The number of hydrogen-bond donors (Lipinski definition) is 2. The predicted octanol–water partition coefficient (Wildman–Crippen LogP) is -0.0696. The molecule has 1 heterocycles. The maximum absolute atomic E-state index is 11.2. The fourth-order valence-corrected chi connectivity index (χ4v) is 2.05. The minimum absolute atomic E-state index is 0.112. The van der Waals surface area contributed by atoms with Crippen molar-refractivity contribution >= 4 is 28.3 Å². The van der Waals surface area contributed by atoms with Crippen LogP contribution in [-0.4, -0.2) is 33.2 Å². The van der Waals surface area contributed by atoms with E-state index in [0.717, 1.165) is 5.21 Å². The summed E-state index contributed by atoms with van der Waals surface area (Å²) in [5, 5.41) is 0.720. The molecule has 6 heteroatoms. The first-order valence-corrected chi connectivity index (χ1v) is 6.05. The summed E-state index contributed by atoms with van der Waals surface area (Å²) < 4.78 is 5.33. The van der Waals surface area contributed by atoms with Crippen LogP contribution in [0.1, 0.15) is 5.56 Å². The first kappa shape index (κ1) is 9.70. The Bertz CT molecular complexity index is 359. The molecule has 1 aromatic heterocycles. The summed E-state index contributed by atoms with van der Waals surface area (Å²) in [6.45, 7) is 0. The molecule has 1 atom stereocenters. The van der Waals surface area contributed by atoms with E-state index in [4.69, 9.17) is 15.9 Å². The number of hydrogen-bond acceptors (Lipinski definition) is 3. The Morgan fingerprint density at radius 1 is 1.75 bits per heavy atom. The van der Waals surface area contributed by atoms with Crippen LogP contribution in [0.25, 0.3) is 0 Å². The number of aromatic amines is 2. The molecule has 0 aliphatic rings. The molecule has 0 radical (unpaired) electrons. The van der Waals surface area contributed by atoms with Gasteiger partial charge in [0, 0.05) is 0 Å². The number of H-pyrrole nitrogens is 2. The van der Waals surface area contributed by atoms with Crippen LogP contribution in [0.5, 0.6) is 0 Å². The molecule has 0 fully saturated rings. The fourth-order valence-electron chi connectivity index (χ4n) is 0.719. The van der Waals surface area contributed by atoms with E-state index in [1.54, 1.807) is 13.3 Å². The van der Waals surface area contributed by atoms with Gasteiger partial charge in [0.1, 0.15) is 0 Å². The standard InChI is InChI=1S/C6H9AsN2O2S/c1-11-7-2-4-3-8-6(12)9-5(4)10/h3,7H,2H2,1H3,(H2,8,9,10,12). The Balaban J connectivity index is 2.87. The Morgan fingerprint density at radius 2 is 2.50 bits per heavy atom. The van der Waals surface area contributed by atoms with E-state index in [9.17, 15) is 4.79 Å². The zero-order chi connectivity index (χ0) is 8.97. The van der Waals surface area contributed by atoms with Gasteiger partial charge in [-0.2, -0.15) is 0 Å². The van der Waals surface area contributed by atoms with Gasteiger partial charge >= 0.3 is 81.2 Å². The predicted molar refractivity (Wildman–Crippen MR) is 50.1 cm³/mol. The minimum atomic E-state index is -0.472. The number of rotatable bonds is 3. The SMILES string of the molecule is CO[AsH]Cc1c[nH]c(=S)[nH]c1=O. The summed E-state index contributed by atoms with van der Waals surface area (Å²) in [5.41, 5.74) is 0.602. The maximum atomic E-state index is 11.2. The Hall–Kier alpha value is -0.382. The third-order valence-electron chi connectivity index (χ3n) is 1.30. The zero-order valence-electron chi connectivity index (χ0n) is 6.51. The molecule has 0 amide bonds. The van der Waals surface area contributed by atoms with Gasteiger partial charge in [0.15, 0.2) is 0 Å². The van der Waals surface area contributed by atoms with Crippen LogP contribution in [0.4, 0.5) is 0 Å². The summed E-state index contributed by atoms with van der Waals surface area (Å²) in [6.07, 6.45) is 1.64. The van der Waals surface area contributed by atoms with Crippen LogP contribution in [0.2, 0.25) is 0 Å². The molecular weight excluding hydrogens is 239 g/mol. The van der Waals surface area contributed by atoms with E-state index >= 15 is 0 Å². The molecule has 1 rings (SSSR count). The van der Waals surface area contributed by atoms with E-state index in [-0.39, 0.29) is 5.56 Å². The second-order valence-electron chi connectivity index (χ2n) is 2.12. The van der Waals surface area contributed by atoms with Crippen molar-refractivity contribution in [2.45, 2.75) is 5.21 Å². The quantitative estimate of drug-likeness (QED) is 0.581. The molecule has 0 aliphatic carbocycles. The summed E-state index contributed by atoms with van der Waals surface area (Å²) in [5.74, 6) is 0. The Kier molecular flexibility index (Phi) is 3.72. The van der Waals surface area contributed by atoms with Crippen LogP contribution < -0.4 is 5.56 Å². The third kappa shape index (κ3) is 2.59. The van der Waals surface area contributed by atoms with Crippen molar-refractivity contribution in [3.05, 3.63) is 26.9 Å². The van der Waals surface area contributed by atoms with Gasteiger partial charge in [0.2, 0.25) is 0 Å². The Labute approximate surface area is 81.4 Å². The second kappa shape index (κ2) is 4.60. The van der Waals surface area contributed by atoms with E-state index in [0.29, 0.717) is 10.3 Å². The van der Waals surface area contributed by atoms with Crippen molar-refractivity contribution in [2.75, 3.05) is 7.11 Å². The molecule has 2 N–H and O–H groups in total. The van der Waals surface area contributed by atoms with E-state index < -0.39 is 16.1 Å². The summed E-state index contributed by atoms with van der Waals surface area (Å²) >= 11 is 4.27. The molecule has 12 heavy (non-hydrogen) atoms. The molecular formula is C6H9AsN2O2S. The fraction of sp³-hybridized carbons (Fsp3) is 0.333. The number of aromatic nitrogens is 2. The van der Waals surface area contributed by atoms with Crippen LogP contribution >= 0.6 is 12.2 Å². The van der Waals surface area contributed by atoms with Crippen molar-refractivity contribution in [1.82, 2.24) is 9.97 Å². The van der Waals surface area contributed by atoms with Crippen molar-refractivity contribution in [2.24, 2.45) is 0 Å². The third-order valence-corrected chi connectivity index (χ3v) is 3.23. The molecule has 66 valence electrons. The molecule has 0 saturated heterocycles. The van der Waals surface area contributed by atoms with Gasteiger partial charge in [0.25, 0.3) is 0 Å². The van der Waals surface area contributed by atoms with Gasteiger partial charge in [-0.25, -0.2) is 0 Å². The average molecular weight is 248 g/mol. The summed E-state index contributed by atoms with van der Waals surface area (Å²) in [6, 6.07) is 0. The molecule has 0 aromatic carbocycles. The van der Waals surface area contributed by atoms with Crippen LogP contribution in [0.15, 0.2) is 11.0 Å². The first-order chi connectivity index (χ1) is 5.74. The molecule has 0 aliphatic heterocycles. The molecule has 1 aromatic rings. The van der Waals surface area contributed by atoms with Gasteiger partial charge in [-0.3, -0.25) is 0 Å². The van der Waals surface area contributed by atoms with Gasteiger partial charge in [-0.05, 0) is 0 Å². The zero-order valence-corrected chi connectivity index (χ0v) is 9.42. The van der Waals surface area contributed by atoms with E-state index in [2.05, 4.69) is 9.97 Å². The average Bonchev–Trinajstić information content (AvgIpc) is 2.03. The van der Waals surface area contributed by atoms with Crippen molar-refractivity contribution in [3.63, 3.8) is 0 Å². The number of nitrogens with one attached hydrogen (secondary N) is 2. The second-order valence-corrected chi connectivity index (χ2v) is 4.73. The Morgan fingerprint density at radius 3 is 3.08 bits per heavy atom. The first-order valence-electron chi connectivity index (χ1n) is 3.31. The van der Waals surface area contributed by atoms with Gasteiger partial charge < -0.3 is 0 Å². The van der Waals surface area contributed by atoms with Crippen LogP contribution in [0, 0.1) is 4.77 Å². The van der Waals surface area contributed by atoms with Crippen molar-refractivity contribution in [1.29, 1.82) is 0 Å². The van der Waals surface area contributed by atoms with Gasteiger partial charge in [-0.15, -0.1) is 0 Å². The van der Waals surface area contributed by atoms with Gasteiger partial charge in [-0.1, -0.05) is 0 Å². The van der Waals surface area contributed by atoms with E-state index in [1.165, 1.54) is 0 Å². The van der Waals surface area contributed by atoms with Gasteiger partial charge in [0.05, 0.1) is 0 Å². The van der Waals surface area contributed by atoms with Crippen LogP contribution in [-0.2, 0) is 8.93 Å². The van der Waals surface area contributed by atoms with Crippen LogP contribution in [0.3, 0.4) is 0 Å². The molecule has 0 saturated carbocycles. The topological polar surface area (TPSA) is 57.9 Å². The monoisotopic (exact) mass is 248 g/mol. The summed E-state index contributed by atoms with van der Waals surface area (Å²) in [7, 11) is 1.65. The summed E-state index contributed by atoms with van der Waals surface area (Å²) in [4.78, 5) is 16.5. The molecule has 1 unspecified atom stereocenters. The molecule has 0 spiro atoms. The normalized spacial score (nSPS) is 11.1. The van der Waals surface area contributed by atoms with E-state index in [1.807, 2.05) is 0 Å². The molecule has 0 bridgehead atoms. The van der Waals surface area contributed by atoms with Crippen molar-refractivity contribution in [3.8, 4) is 0 Å². The molecule has 4 nitrogen and oxygen atoms in total. The van der Waals surface area contributed by atoms with Crippen molar-refractivity contribution < 1.29 is 3.73 Å².